The molecule has 4 rings (SSSR count). The molecule has 2 unspecified atom stereocenters. The van der Waals surface area contributed by atoms with Crippen LogP contribution in [0.4, 0.5) is 0 Å². The van der Waals surface area contributed by atoms with Crippen molar-refractivity contribution < 1.29 is 68.1 Å². The molecule has 2 aromatic carbocycles. The molecule has 12 heteroatoms. The molecule has 0 saturated carbocycles. The Morgan fingerprint density at radius 2 is 1.02 bits per heavy atom. The van der Waals surface area contributed by atoms with Gasteiger partial charge in [-0.1, -0.05) is 53.3 Å². The van der Waals surface area contributed by atoms with E-state index >= 15 is 0 Å². The molecule has 0 spiro atoms. The van der Waals surface area contributed by atoms with E-state index in [2.05, 4.69) is 51.2 Å². The maximum absolute atomic E-state index is 12.8. The number of fused-ring (bicyclic) bond motifs is 2. The first-order valence-electron chi connectivity index (χ1n) is 11.6. The van der Waals surface area contributed by atoms with Gasteiger partial charge in [-0.2, -0.15) is 0 Å². The number of carbonyl (C=O) groups excluding carboxylic acids is 2. The van der Waals surface area contributed by atoms with Crippen LogP contribution in [0.5, 0.6) is 5.75 Å². The van der Waals surface area contributed by atoms with Crippen LogP contribution >= 0.6 is 7.92 Å². The molecule has 2 aromatic rings. The summed E-state index contributed by atoms with van der Waals surface area (Å²) in [6, 6.07) is 15.6. The second-order valence-corrected chi connectivity index (χ2v) is 10.2. The molecule has 2 heterocycles. The minimum atomic E-state index is -0.981. The number of rotatable bonds is 4. The Morgan fingerprint density at radius 3 is 1.43 bits per heavy atom. The number of allylic oxidation sites excluding steroid dienone is 2. The first-order valence-corrected chi connectivity index (χ1v) is 13.0. The van der Waals surface area contributed by atoms with Crippen LogP contribution in [0, 0.1) is 45.1 Å². The van der Waals surface area contributed by atoms with Crippen molar-refractivity contribution in [3.63, 3.8) is 0 Å². The normalized spacial score (nSPS) is 15.9. The van der Waals surface area contributed by atoms with Crippen molar-refractivity contribution in [2.24, 2.45) is 0 Å². The average Bonchev–Trinajstić information content (AvgIpc) is 3.57. The van der Waals surface area contributed by atoms with Crippen LogP contribution in [0.15, 0.2) is 70.8 Å². The van der Waals surface area contributed by atoms with Crippen LogP contribution in [0.2, 0.25) is 0 Å². The third kappa shape index (κ3) is 9.78. The average molecular weight is 784 g/mol. The minimum Gasteiger partial charge on any atom is 0 e. The Balaban J connectivity index is -0.00000139. The summed E-state index contributed by atoms with van der Waals surface area (Å²) in [6.07, 6.45) is 0. The predicted molar refractivity (Wildman–Crippen MR) is 149 cm³/mol. The van der Waals surface area contributed by atoms with Gasteiger partial charge < -0.3 is 14.2 Å². The summed E-state index contributed by atoms with van der Waals surface area (Å²) in [5, 5.41) is 1.06. The van der Waals surface area contributed by atoms with E-state index in [-0.39, 0.29) is 32.4 Å². The van der Waals surface area contributed by atoms with Crippen LogP contribution in [0.3, 0.4) is 0 Å². The molecular formula is C32H25O10PW. The van der Waals surface area contributed by atoms with E-state index in [1.54, 1.807) is 7.11 Å². The predicted octanol–water partition coefficient (Wildman–Crippen LogP) is 3.76. The molecule has 2 aliphatic heterocycles. The van der Waals surface area contributed by atoms with Crippen molar-refractivity contribution in [3.8, 4) is 17.6 Å². The number of hydrogen-bond acceptors (Lipinski definition) is 5. The zero-order chi connectivity index (χ0) is 33.7. The number of esters is 2. The van der Waals surface area contributed by atoms with Gasteiger partial charge in [-0.05, 0) is 45.3 Å². The summed E-state index contributed by atoms with van der Waals surface area (Å²) >= 11 is 0. The molecule has 0 saturated heterocycles. The molecule has 10 nitrogen and oxygen atoms in total. The molecule has 224 valence electrons. The van der Waals surface area contributed by atoms with E-state index in [4.69, 9.17) is 37.5 Å². The summed E-state index contributed by atoms with van der Waals surface area (Å²) in [6.45, 7) is 26.6. The Kier molecular flexibility index (Phi) is 24.7. The van der Waals surface area contributed by atoms with Crippen molar-refractivity contribution >= 4 is 25.2 Å². The van der Waals surface area contributed by atoms with Crippen LogP contribution in [0.1, 0.15) is 25.0 Å². The number of ether oxygens (including phenoxy) is 3. The molecule has 2 atom stereocenters. The van der Waals surface area contributed by atoms with E-state index in [1.165, 1.54) is 14.2 Å². The van der Waals surface area contributed by atoms with Gasteiger partial charge >= 0.3 is 68.5 Å². The number of methoxy groups -OCH3 is 3. The maximum atomic E-state index is 12.8. The quantitative estimate of drug-likeness (QED) is 0.115. The second-order valence-electron chi connectivity index (χ2n) is 7.86. The van der Waals surface area contributed by atoms with Gasteiger partial charge in [-0.25, -0.2) is 9.59 Å². The topological polar surface area (TPSA) is 161 Å². The van der Waals surface area contributed by atoms with Gasteiger partial charge in [0, 0.05) is 37.9 Å². The van der Waals surface area contributed by atoms with Crippen molar-refractivity contribution in [3.05, 3.63) is 115 Å². The van der Waals surface area contributed by atoms with Gasteiger partial charge in [-0.3, -0.25) is 0 Å². The van der Waals surface area contributed by atoms with Crippen molar-refractivity contribution in [2.45, 2.75) is 25.2 Å². The fourth-order valence-electron chi connectivity index (χ4n) is 4.63. The monoisotopic (exact) mass is 784 g/mol. The summed E-state index contributed by atoms with van der Waals surface area (Å²) < 4.78 is 53.1. The standard InChI is InChI=1S/C27H25O5P.5CO.W/c1-16-17(2)25-23(27(29)32-5)22(26(28)31-4)24(16)33(25)21-13-9-7-11-19(21)15-14-18-10-6-8-12-20(18)30-3;5*1-2;/h6-13,24-25H,1-5H3;;;;;;. The molecule has 2 aliphatic rings. The minimum absolute atomic E-state index is 0. The number of hydrogen-bond donors (Lipinski definition) is 0. The molecule has 44 heavy (non-hydrogen) atoms. The SMILES string of the molecule is COC(=O)C1=C(C(=O)OC)C2C(C)=C(C)C1P2c1ccccc1C#Cc1ccccc1OC.[C-]#[O+].[C-]#[O+].[C-]#[O+].[C-]#[O+].[C-]#[O+].[W]. The van der Waals surface area contributed by atoms with Gasteiger partial charge in [0.1, 0.15) is 5.75 Å². The molecule has 0 radical (unpaired) electrons. The fraction of sp³-hybridized carbons (Fsp3) is 0.219. The van der Waals surface area contributed by atoms with Crippen molar-refractivity contribution in [1.82, 2.24) is 0 Å². The van der Waals surface area contributed by atoms with Crippen molar-refractivity contribution in [1.29, 1.82) is 0 Å². The van der Waals surface area contributed by atoms with Crippen LogP contribution in [0.25, 0.3) is 0 Å². The summed E-state index contributed by atoms with van der Waals surface area (Å²) in [4.78, 5) is 25.6. The molecule has 0 fully saturated rings. The van der Waals surface area contributed by atoms with E-state index < -0.39 is 19.9 Å². The van der Waals surface area contributed by atoms with E-state index in [9.17, 15) is 9.59 Å². The molecule has 2 bridgehead atoms. The van der Waals surface area contributed by atoms with Crippen LogP contribution < -0.4 is 10.0 Å². The fourth-order valence-corrected chi connectivity index (χ4v) is 8.44. The van der Waals surface area contributed by atoms with Gasteiger partial charge in [0.2, 0.25) is 0 Å². The van der Waals surface area contributed by atoms with Crippen molar-refractivity contribution in [2.75, 3.05) is 21.3 Å². The third-order valence-electron chi connectivity index (χ3n) is 6.27. The first-order chi connectivity index (χ1) is 20.9. The Labute approximate surface area is 271 Å². The molecule has 0 aromatic heterocycles. The zero-order valence-corrected chi connectivity index (χ0v) is 28.0. The molecule has 0 aliphatic carbocycles. The number of para-hydroxylation sites is 1. The van der Waals surface area contributed by atoms with Gasteiger partial charge in [-0.15, -0.1) is 0 Å². The molecule has 0 N–H and O–H groups in total. The smallest absolute Gasteiger partial charge is 0 e. The second kappa shape index (κ2) is 24.5. The Hall–Kier alpha value is -3.96. The van der Waals surface area contributed by atoms with Crippen LogP contribution in [-0.4, -0.2) is 44.6 Å². The van der Waals surface area contributed by atoms with Gasteiger partial charge in [0.25, 0.3) is 0 Å². The maximum Gasteiger partial charge on any atom is 0 e. The largest absolute Gasteiger partial charge is 0 e. The van der Waals surface area contributed by atoms with Gasteiger partial charge in [0.05, 0.1) is 38.0 Å². The zero-order valence-electron chi connectivity index (χ0n) is 24.2. The Morgan fingerprint density at radius 1 is 0.659 bits per heavy atom. The van der Waals surface area contributed by atoms with E-state index in [0.717, 1.165) is 27.6 Å². The summed E-state index contributed by atoms with van der Waals surface area (Å²) in [5.41, 5.74) is 4.38. The first kappa shape index (κ1) is 44.5. The number of carbonyl (C=O) groups is 2. The third-order valence-corrected chi connectivity index (χ3v) is 9.62. The summed E-state index contributed by atoms with van der Waals surface area (Å²) in [5.74, 6) is 6.31. The van der Waals surface area contributed by atoms with Crippen LogP contribution in [-0.2, 0) is 63.4 Å². The molecular weight excluding hydrogens is 759 g/mol. The summed E-state index contributed by atoms with van der Waals surface area (Å²) in [7, 11) is 3.33. The molecule has 0 amide bonds. The van der Waals surface area contributed by atoms with E-state index in [0.29, 0.717) is 16.9 Å². The Bertz CT molecular complexity index is 1430. The number of benzene rings is 2. The van der Waals surface area contributed by atoms with E-state index in [1.807, 2.05) is 56.3 Å². The van der Waals surface area contributed by atoms with Gasteiger partial charge in [0.15, 0.2) is 0 Å².